The van der Waals surface area contributed by atoms with E-state index in [1.807, 2.05) is 0 Å². The Balaban J connectivity index is 1.49. The highest BCUT2D eigenvalue weighted by Gasteiger charge is 2.42. The van der Waals surface area contributed by atoms with Crippen molar-refractivity contribution >= 4 is 41.0 Å². The minimum atomic E-state index is -4.93. The summed E-state index contributed by atoms with van der Waals surface area (Å²) in [5.41, 5.74) is -1.09. The number of alkyl halides is 3. The van der Waals surface area contributed by atoms with E-state index in [-0.39, 0.29) is 16.4 Å². The summed E-state index contributed by atoms with van der Waals surface area (Å²) in [5.74, 6) is -2.37. The summed E-state index contributed by atoms with van der Waals surface area (Å²) in [6, 6.07) is 4.34. The van der Waals surface area contributed by atoms with Gasteiger partial charge in [0, 0.05) is 11.9 Å². The number of fused-ring (bicyclic) bond motifs is 1. The maximum atomic E-state index is 14.1. The molecule has 2 aromatic heterocycles. The lowest BCUT2D eigenvalue weighted by Crippen LogP contribution is -2.25. The molecule has 3 aromatic rings. The molecule has 5 rings (SSSR count). The molecule has 1 N–H and O–H groups in total. The molecular weight excluding hydrogens is 487 g/mol. The van der Waals surface area contributed by atoms with Gasteiger partial charge in [0.05, 0.1) is 40.8 Å². The van der Waals surface area contributed by atoms with E-state index in [0.717, 1.165) is 6.20 Å². The van der Waals surface area contributed by atoms with Crippen molar-refractivity contribution < 1.29 is 22.8 Å². The van der Waals surface area contributed by atoms with E-state index in [4.69, 9.17) is 11.6 Å². The van der Waals surface area contributed by atoms with Crippen LogP contribution in [0.25, 0.3) is 11.4 Å². The number of hydrogen-bond donors (Lipinski definition) is 1. The van der Waals surface area contributed by atoms with Crippen LogP contribution in [0.1, 0.15) is 16.1 Å². The van der Waals surface area contributed by atoms with Crippen LogP contribution in [-0.4, -0.2) is 42.8 Å². The largest absolute Gasteiger partial charge is 0.434 e. The highest BCUT2D eigenvalue weighted by molar-refractivity contribution is 6.32. The van der Waals surface area contributed by atoms with Gasteiger partial charge in [0.1, 0.15) is 5.69 Å². The van der Waals surface area contributed by atoms with E-state index >= 15 is 0 Å². The molecule has 0 saturated carbocycles. The van der Waals surface area contributed by atoms with Crippen LogP contribution in [0.5, 0.6) is 0 Å². The van der Waals surface area contributed by atoms with Crippen LogP contribution < -0.4 is 5.32 Å². The molecule has 9 nitrogen and oxygen atoms in total. The van der Waals surface area contributed by atoms with Crippen LogP contribution in [0.4, 0.5) is 18.9 Å². The molecule has 176 valence electrons. The summed E-state index contributed by atoms with van der Waals surface area (Å²) in [5, 5.41) is 14.3. The number of rotatable bonds is 4. The number of carbonyl (C=O) groups excluding carboxylic acids is 2. The number of aliphatic imine (C=N–C) groups is 1. The summed E-state index contributed by atoms with van der Waals surface area (Å²) in [6.07, 6.45) is 5.85. The summed E-state index contributed by atoms with van der Waals surface area (Å²) >= 11 is 6.23. The van der Waals surface area contributed by atoms with Crippen molar-refractivity contribution in [3.8, 4) is 5.69 Å². The van der Waals surface area contributed by atoms with Crippen LogP contribution in [-0.2, 0) is 11.0 Å². The second-order valence-corrected chi connectivity index (χ2v) is 7.82. The molecule has 0 bridgehead atoms. The van der Waals surface area contributed by atoms with Gasteiger partial charge in [-0.2, -0.15) is 33.3 Å². The van der Waals surface area contributed by atoms with Gasteiger partial charge in [-0.3, -0.25) is 9.59 Å². The van der Waals surface area contributed by atoms with Gasteiger partial charge in [-0.05, 0) is 35.9 Å². The quantitative estimate of drug-likeness (QED) is 0.585. The van der Waals surface area contributed by atoms with Crippen LogP contribution in [0.15, 0.2) is 71.7 Å². The number of nitrogens with one attached hydrogen (secondary N) is 1. The molecule has 1 atom stereocenters. The Bertz CT molecular complexity index is 1470. The van der Waals surface area contributed by atoms with Gasteiger partial charge in [0.15, 0.2) is 5.69 Å². The van der Waals surface area contributed by atoms with Crippen LogP contribution >= 0.6 is 11.6 Å². The Hall–Kier alpha value is -4.32. The van der Waals surface area contributed by atoms with Crippen molar-refractivity contribution in [3.05, 3.63) is 82.9 Å². The van der Waals surface area contributed by atoms with Gasteiger partial charge >= 0.3 is 6.18 Å². The molecule has 0 fully saturated rings. The first-order valence-electron chi connectivity index (χ1n) is 10.0. The Morgan fingerprint density at radius 1 is 1.11 bits per heavy atom. The van der Waals surface area contributed by atoms with E-state index in [9.17, 15) is 22.8 Å². The molecule has 2 aliphatic rings. The van der Waals surface area contributed by atoms with E-state index in [0.29, 0.717) is 15.9 Å². The number of benzene rings is 1. The molecule has 1 unspecified atom stereocenters. The Morgan fingerprint density at radius 2 is 1.89 bits per heavy atom. The molecule has 13 heteroatoms. The number of carbonyl (C=O) groups is 2. The Kier molecular flexibility index (Phi) is 5.44. The van der Waals surface area contributed by atoms with Crippen molar-refractivity contribution in [2.75, 3.05) is 5.32 Å². The van der Waals surface area contributed by atoms with E-state index in [2.05, 4.69) is 25.6 Å². The SMILES string of the molecule is O=C(Nc1ccc(-n2nccn2)c(Cl)c1)c1cnn(C2=CC=CC3C(=O)N=CC=C23)c1C(F)(F)F. The first-order valence-corrected chi connectivity index (χ1v) is 10.4. The lowest BCUT2D eigenvalue weighted by Gasteiger charge is -2.23. The van der Waals surface area contributed by atoms with Gasteiger partial charge < -0.3 is 5.32 Å². The fourth-order valence-corrected chi connectivity index (χ4v) is 4.00. The molecule has 1 aromatic carbocycles. The second kappa shape index (κ2) is 8.47. The molecule has 0 saturated heterocycles. The standard InChI is InChI=1S/C22H13ClF3N7O2/c23-16-10-12(4-5-18(16)33-28-8-9-29-33)31-21(35)15-11-30-32(19(15)22(24,25)26)17-3-1-2-14-13(17)6-7-27-20(14)34/h1-11,14H,(H,31,35). The highest BCUT2D eigenvalue weighted by atomic mass is 35.5. The minimum Gasteiger partial charge on any atom is -0.322 e. The molecule has 0 radical (unpaired) electrons. The fraction of sp³-hybridized carbons (Fsp3) is 0.0909. The molecule has 1 aliphatic heterocycles. The maximum absolute atomic E-state index is 14.1. The number of amides is 2. The lowest BCUT2D eigenvalue weighted by atomic mass is 9.89. The number of anilines is 1. The Labute approximate surface area is 199 Å². The molecule has 0 spiro atoms. The summed E-state index contributed by atoms with van der Waals surface area (Å²) in [6.45, 7) is 0. The van der Waals surface area contributed by atoms with Gasteiger partial charge in [-0.15, -0.1) is 0 Å². The lowest BCUT2D eigenvalue weighted by molar-refractivity contribution is -0.143. The van der Waals surface area contributed by atoms with Crippen LogP contribution in [0.3, 0.4) is 0 Å². The number of hydrogen-bond acceptors (Lipinski definition) is 5. The van der Waals surface area contributed by atoms with Crippen molar-refractivity contribution in [2.24, 2.45) is 10.9 Å². The van der Waals surface area contributed by atoms with E-state index in [1.165, 1.54) is 65.9 Å². The topological polar surface area (TPSA) is 107 Å². The third-order valence-corrected chi connectivity index (χ3v) is 5.56. The average molecular weight is 500 g/mol. The van der Waals surface area contributed by atoms with Gasteiger partial charge in [-0.25, -0.2) is 9.67 Å². The predicted molar refractivity (Wildman–Crippen MR) is 120 cm³/mol. The summed E-state index contributed by atoms with van der Waals surface area (Å²) in [7, 11) is 0. The first-order chi connectivity index (χ1) is 16.7. The van der Waals surface area contributed by atoms with Crippen molar-refractivity contribution in [1.29, 1.82) is 0 Å². The fourth-order valence-electron chi connectivity index (χ4n) is 3.74. The maximum Gasteiger partial charge on any atom is 0.434 e. The van der Waals surface area contributed by atoms with Crippen molar-refractivity contribution in [3.63, 3.8) is 0 Å². The number of aromatic nitrogens is 5. The molecule has 35 heavy (non-hydrogen) atoms. The van der Waals surface area contributed by atoms with E-state index in [1.54, 1.807) is 0 Å². The number of halogens is 4. The Morgan fingerprint density at radius 3 is 2.60 bits per heavy atom. The van der Waals surface area contributed by atoms with Crippen LogP contribution in [0, 0.1) is 5.92 Å². The second-order valence-electron chi connectivity index (χ2n) is 7.41. The normalized spacial score (nSPS) is 17.1. The third kappa shape index (κ3) is 4.08. The average Bonchev–Trinajstić information content (AvgIpc) is 3.49. The smallest absolute Gasteiger partial charge is 0.322 e. The molecule has 3 heterocycles. The van der Waals surface area contributed by atoms with E-state index < -0.39 is 35.2 Å². The van der Waals surface area contributed by atoms with Gasteiger partial charge in [-0.1, -0.05) is 23.8 Å². The van der Waals surface area contributed by atoms with Gasteiger partial charge in [0.25, 0.3) is 11.8 Å². The zero-order chi connectivity index (χ0) is 24.7. The minimum absolute atomic E-state index is 0.0162. The highest BCUT2D eigenvalue weighted by Crippen LogP contribution is 2.38. The van der Waals surface area contributed by atoms with Gasteiger partial charge in [0.2, 0.25) is 0 Å². The summed E-state index contributed by atoms with van der Waals surface area (Å²) in [4.78, 5) is 29.9. The van der Waals surface area contributed by atoms with Crippen LogP contribution in [0.2, 0.25) is 5.02 Å². The van der Waals surface area contributed by atoms with Crippen molar-refractivity contribution in [1.82, 2.24) is 24.8 Å². The third-order valence-electron chi connectivity index (χ3n) is 5.26. The predicted octanol–water partition coefficient (Wildman–Crippen LogP) is 3.95. The molecular formula is C22H13ClF3N7O2. The first kappa shape index (κ1) is 22.5. The van der Waals surface area contributed by atoms with Crippen molar-refractivity contribution in [2.45, 2.75) is 6.18 Å². The zero-order valence-electron chi connectivity index (χ0n) is 17.4. The number of nitrogens with zero attached hydrogens (tertiary/aromatic N) is 6. The monoisotopic (exact) mass is 499 g/mol. The molecule has 1 aliphatic carbocycles. The number of dihydropyridines is 1. The number of allylic oxidation sites excluding steroid dienone is 4. The summed E-state index contributed by atoms with van der Waals surface area (Å²) < 4.78 is 43.0. The zero-order valence-corrected chi connectivity index (χ0v) is 18.2. The molecule has 2 amide bonds.